The topological polar surface area (TPSA) is 12.9 Å². The molecule has 1 nitrogen and oxygen atoms in total. The maximum absolute atomic E-state index is 4.31. The normalized spacial score (nSPS) is 11.1. The number of hydrogen-bond donors (Lipinski definition) is 0. The molecule has 0 unspecified atom stereocenters. The van der Waals surface area contributed by atoms with Gasteiger partial charge >= 0.3 is 0 Å². The highest BCUT2D eigenvalue weighted by Crippen LogP contribution is 2.25. The van der Waals surface area contributed by atoms with Crippen molar-refractivity contribution in [2.24, 2.45) is 0 Å². The largest absolute Gasteiger partial charge is 0.193 e. The summed E-state index contributed by atoms with van der Waals surface area (Å²) in [5.41, 5.74) is 1.10. The Morgan fingerprint density at radius 1 is 0.923 bits per heavy atom. The maximum atomic E-state index is 4.31. The van der Waals surface area contributed by atoms with E-state index in [1.54, 1.807) is 0 Å². The number of nitrogens with zero attached hydrogens (tertiary/aromatic N) is 1. The van der Waals surface area contributed by atoms with Crippen molar-refractivity contribution in [1.82, 2.24) is 4.37 Å². The van der Waals surface area contributed by atoms with E-state index in [-0.39, 0.29) is 0 Å². The molecule has 13 heavy (non-hydrogen) atoms. The van der Waals surface area contributed by atoms with Crippen molar-refractivity contribution in [3.63, 3.8) is 0 Å². The predicted molar refractivity (Wildman–Crippen MR) is 57.1 cm³/mol. The zero-order chi connectivity index (χ0) is 8.67. The zero-order valence-electron chi connectivity index (χ0n) is 6.90. The van der Waals surface area contributed by atoms with Crippen LogP contribution >= 0.6 is 11.5 Å². The first-order valence-electron chi connectivity index (χ1n) is 4.17. The van der Waals surface area contributed by atoms with Crippen LogP contribution in [0.25, 0.3) is 21.7 Å². The highest BCUT2D eigenvalue weighted by molar-refractivity contribution is 7.04. The summed E-state index contributed by atoms with van der Waals surface area (Å²) in [7, 11) is 0. The van der Waals surface area contributed by atoms with E-state index >= 15 is 0 Å². The van der Waals surface area contributed by atoms with E-state index in [0.29, 0.717) is 0 Å². The molecule has 3 aromatic rings. The molecule has 0 saturated heterocycles. The number of hydrogen-bond acceptors (Lipinski definition) is 2. The van der Waals surface area contributed by atoms with E-state index in [1.807, 2.05) is 0 Å². The molecule has 0 aliphatic rings. The molecule has 1 heterocycles. The minimum absolute atomic E-state index is 1.10. The summed E-state index contributed by atoms with van der Waals surface area (Å²) in [5, 5.41) is 5.96. The molecule has 0 atom stereocenters. The molecule has 0 bridgehead atoms. The van der Waals surface area contributed by atoms with E-state index in [2.05, 4.69) is 46.2 Å². The van der Waals surface area contributed by atoms with E-state index in [0.717, 1.165) is 5.52 Å². The van der Waals surface area contributed by atoms with E-state index in [1.165, 1.54) is 27.7 Å². The van der Waals surface area contributed by atoms with Gasteiger partial charge in [0.15, 0.2) is 0 Å². The third-order valence-corrected chi connectivity index (χ3v) is 2.91. The van der Waals surface area contributed by atoms with Crippen molar-refractivity contribution in [3.05, 3.63) is 41.8 Å². The lowest BCUT2D eigenvalue weighted by atomic mass is 10.1. The third kappa shape index (κ3) is 0.956. The van der Waals surface area contributed by atoms with Gasteiger partial charge in [0.2, 0.25) is 0 Å². The fraction of sp³-hybridized carbons (Fsp3) is 0. The van der Waals surface area contributed by atoms with Crippen LogP contribution in [0.1, 0.15) is 0 Å². The second-order valence-corrected chi connectivity index (χ2v) is 3.66. The van der Waals surface area contributed by atoms with Gasteiger partial charge in [0.25, 0.3) is 0 Å². The quantitative estimate of drug-likeness (QED) is 0.522. The first-order chi connectivity index (χ1) is 6.45. The molecule has 0 aliphatic carbocycles. The number of rotatable bonds is 0. The van der Waals surface area contributed by atoms with Gasteiger partial charge in [-0.3, -0.25) is 0 Å². The van der Waals surface area contributed by atoms with E-state index in [4.69, 9.17) is 0 Å². The summed E-state index contributed by atoms with van der Waals surface area (Å²) in [6.45, 7) is 0. The highest BCUT2D eigenvalue weighted by atomic mass is 32.1. The molecule has 3 rings (SSSR count). The summed E-state index contributed by atoms with van der Waals surface area (Å²) in [6.07, 6.45) is 0. The molecule has 0 spiro atoms. The van der Waals surface area contributed by atoms with E-state index < -0.39 is 0 Å². The van der Waals surface area contributed by atoms with Crippen molar-refractivity contribution >= 4 is 33.2 Å². The molecule has 2 aromatic carbocycles. The van der Waals surface area contributed by atoms with Crippen LogP contribution in [0, 0.1) is 0 Å². The SMILES string of the molecule is c1ccc2c(c1)ccc1nscc12. The summed E-state index contributed by atoms with van der Waals surface area (Å²) in [6, 6.07) is 12.6. The molecule has 0 saturated carbocycles. The van der Waals surface area contributed by atoms with Crippen LogP contribution in [0.5, 0.6) is 0 Å². The van der Waals surface area contributed by atoms with Gasteiger partial charge in [-0.15, -0.1) is 0 Å². The Bertz CT molecular complexity index is 568. The molecule has 62 valence electrons. The van der Waals surface area contributed by atoms with Crippen molar-refractivity contribution in [2.75, 3.05) is 0 Å². The van der Waals surface area contributed by atoms with E-state index in [9.17, 15) is 0 Å². The molecule has 2 heteroatoms. The predicted octanol–water partition coefficient (Wildman–Crippen LogP) is 3.45. The van der Waals surface area contributed by atoms with Crippen LogP contribution in [-0.4, -0.2) is 4.37 Å². The molecule has 0 fully saturated rings. The Balaban J connectivity index is 2.65. The summed E-state index contributed by atoms with van der Waals surface area (Å²) >= 11 is 1.52. The number of aromatic nitrogens is 1. The van der Waals surface area contributed by atoms with Gasteiger partial charge < -0.3 is 0 Å². The fourth-order valence-corrected chi connectivity index (χ4v) is 2.30. The Labute approximate surface area is 79.8 Å². The average Bonchev–Trinajstić information content (AvgIpc) is 2.65. The average molecular weight is 185 g/mol. The summed E-state index contributed by atoms with van der Waals surface area (Å²) < 4.78 is 4.31. The Morgan fingerprint density at radius 2 is 1.85 bits per heavy atom. The van der Waals surface area contributed by atoms with Gasteiger partial charge in [0.1, 0.15) is 0 Å². The second kappa shape index (κ2) is 2.54. The van der Waals surface area contributed by atoms with Gasteiger partial charge in [-0.05, 0) is 28.4 Å². The lowest BCUT2D eigenvalue weighted by Crippen LogP contribution is -1.72. The zero-order valence-corrected chi connectivity index (χ0v) is 7.71. The monoisotopic (exact) mass is 185 g/mol. The van der Waals surface area contributed by atoms with Gasteiger partial charge in [-0.1, -0.05) is 30.3 Å². The highest BCUT2D eigenvalue weighted by Gasteiger charge is 2.00. The molecule has 0 aliphatic heterocycles. The Hall–Kier alpha value is -1.41. The van der Waals surface area contributed by atoms with Crippen LogP contribution in [-0.2, 0) is 0 Å². The minimum Gasteiger partial charge on any atom is -0.193 e. The number of fused-ring (bicyclic) bond motifs is 3. The first-order valence-corrected chi connectivity index (χ1v) is 5.01. The summed E-state index contributed by atoms with van der Waals surface area (Å²) in [4.78, 5) is 0. The molecular weight excluding hydrogens is 178 g/mol. The number of benzene rings is 2. The van der Waals surface area contributed by atoms with Gasteiger partial charge in [0.05, 0.1) is 5.52 Å². The van der Waals surface area contributed by atoms with Crippen molar-refractivity contribution in [1.29, 1.82) is 0 Å². The van der Waals surface area contributed by atoms with Crippen LogP contribution in [0.4, 0.5) is 0 Å². The van der Waals surface area contributed by atoms with Gasteiger partial charge in [0, 0.05) is 10.8 Å². The standard InChI is InChI=1S/C11H7NS/c1-2-4-9-8(3-1)5-6-11-10(9)7-13-12-11/h1-7H. The molecule has 0 amide bonds. The van der Waals surface area contributed by atoms with Crippen molar-refractivity contribution in [2.45, 2.75) is 0 Å². The molecule has 0 radical (unpaired) electrons. The van der Waals surface area contributed by atoms with Crippen molar-refractivity contribution < 1.29 is 0 Å². The van der Waals surface area contributed by atoms with Crippen LogP contribution in [0.2, 0.25) is 0 Å². The lowest BCUT2D eigenvalue weighted by Gasteiger charge is -1.96. The van der Waals surface area contributed by atoms with Crippen LogP contribution < -0.4 is 0 Å². The maximum Gasteiger partial charge on any atom is 0.0847 e. The Morgan fingerprint density at radius 3 is 2.85 bits per heavy atom. The third-order valence-electron chi connectivity index (χ3n) is 2.27. The first kappa shape index (κ1) is 7.04. The fourth-order valence-electron chi connectivity index (χ4n) is 1.62. The molecule has 1 aromatic heterocycles. The molecule has 0 N–H and O–H groups in total. The van der Waals surface area contributed by atoms with Gasteiger partial charge in [-0.25, -0.2) is 0 Å². The second-order valence-electron chi connectivity index (χ2n) is 3.03. The van der Waals surface area contributed by atoms with Crippen LogP contribution in [0.3, 0.4) is 0 Å². The smallest absolute Gasteiger partial charge is 0.0847 e. The molecular formula is C11H7NS. The Kier molecular flexibility index (Phi) is 1.37. The lowest BCUT2D eigenvalue weighted by molar-refractivity contribution is 1.68. The minimum atomic E-state index is 1.10. The van der Waals surface area contributed by atoms with Gasteiger partial charge in [-0.2, -0.15) is 4.37 Å². The van der Waals surface area contributed by atoms with Crippen molar-refractivity contribution in [3.8, 4) is 0 Å². The van der Waals surface area contributed by atoms with Crippen LogP contribution in [0.15, 0.2) is 41.8 Å². The summed E-state index contributed by atoms with van der Waals surface area (Å²) in [5.74, 6) is 0.